The molecule has 2 amide bonds. The summed E-state index contributed by atoms with van der Waals surface area (Å²) >= 11 is 5.93. The van der Waals surface area contributed by atoms with Crippen molar-refractivity contribution in [2.75, 3.05) is 33.3 Å². The van der Waals surface area contributed by atoms with E-state index in [1.54, 1.807) is 41.2 Å². The molecule has 0 saturated carbocycles. The fourth-order valence-electron chi connectivity index (χ4n) is 6.82. The van der Waals surface area contributed by atoms with Crippen LogP contribution in [0.1, 0.15) is 99.3 Å². The first-order valence-corrected chi connectivity index (χ1v) is 16.6. The number of aromatic nitrogens is 2. The molecule has 2 aliphatic heterocycles. The van der Waals surface area contributed by atoms with Gasteiger partial charge in [0.2, 0.25) is 5.88 Å². The van der Waals surface area contributed by atoms with Gasteiger partial charge in [-0.25, -0.2) is 19.6 Å². The highest BCUT2D eigenvalue weighted by Crippen LogP contribution is 2.45. The average molecular weight is 669 g/mol. The highest BCUT2D eigenvalue weighted by molar-refractivity contribution is 6.29. The number of piperidine rings is 2. The third-order valence-electron chi connectivity index (χ3n) is 9.31. The van der Waals surface area contributed by atoms with Crippen LogP contribution in [0.2, 0.25) is 5.15 Å². The molecule has 12 heteroatoms. The van der Waals surface area contributed by atoms with E-state index < -0.39 is 22.0 Å². The van der Waals surface area contributed by atoms with E-state index in [1.165, 1.54) is 0 Å². The Hall–Kier alpha value is -3.73. The minimum atomic E-state index is -0.508. The number of pyridine rings is 2. The minimum Gasteiger partial charge on any atom is -0.481 e. The Labute approximate surface area is 281 Å². The first-order valence-electron chi connectivity index (χ1n) is 16.2. The molecule has 254 valence electrons. The van der Waals surface area contributed by atoms with Crippen molar-refractivity contribution in [3.05, 3.63) is 51.9 Å². The second kappa shape index (κ2) is 12.7. The van der Waals surface area contributed by atoms with Crippen LogP contribution in [0.15, 0.2) is 24.3 Å². The first-order chi connectivity index (χ1) is 21.9. The SMILES string of the molecule is CC(C)(C)OC(=O)N1CCC2(CC1)Cc1nc(Cl)ccc1C2=O.COc1ccc2c(n1)CC1(CCN(C(=O)OC(C)(C)C)CC1)C2=O. The second-order valence-electron chi connectivity index (χ2n) is 15.0. The summed E-state index contributed by atoms with van der Waals surface area (Å²) in [5.74, 6) is 0.821. The smallest absolute Gasteiger partial charge is 0.410 e. The van der Waals surface area contributed by atoms with E-state index in [2.05, 4.69) is 9.97 Å². The maximum Gasteiger partial charge on any atom is 0.410 e. The summed E-state index contributed by atoms with van der Waals surface area (Å²) in [4.78, 5) is 62.1. The van der Waals surface area contributed by atoms with Gasteiger partial charge in [-0.1, -0.05) is 11.6 Å². The van der Waals surface area contributed by atoms with E-state index in [0.29, 0.717) is 86.9 Å². The largest absolute Gasteiger partial charge is 0.481 e. The van der Waals surface area contributed by atoms with Gasteiger partial charge >= 0.3 is 12.2 Å². The quantitative estimate of drug-likeness (QED) is 0.320. The number of hydrogen-bond acceptors (Lipinski definition) is 9. The Morgan fingerprint density at radius 1 is 0.702 bits per heavy atom. The third-order valence-corrected chi connectivity index (χ3v) is 9.52. The van der Waals surface area contributed by atoms with Crippen LogP contribution < -0.4 is 4.74 Å². The average Bonchev–Trinajstić information content (AvgIpc) is 3.40. The zero-order chi connectivity index (χ0) is 34.4. The van der Waals surface area contributed by atoms with Crippen LogP contribution in [0.5, 0.6) is 5.88 Å². The molecule has 0 atom stereocenters. The number of carbonyl (C=O) groups excluding carboxylic acids is 4. The molecule has 11 nitrogen and oxygen atoms in total. The Morgan fingerprint density at radius 2 is 1.11 bits per heavy atom. The van der Waals surface area contributed by atoms with Crippen molar-refractivity contribution in [2.45, 2.75) is 91.3 Å². The summed E-state index contributed by atoms with van der Waals surface area (Å²) in [7, 11) is 1.57. The zero-order valence-electron chi connectivity index (χ0n) is 28.4. The van der Waals surface area contributed by atoms with Gasteiger partial charge in [0.15, 0.2) is 11.6 Å². The Bertz CT molecular complexity index is 1560. The molecule has 0 bridgehead atoms. The molecule has 0 aromatic carbocycles. The van der Waals surface area contributed by atoms with Gasteiger partial charge < -0.3 is 24.0 Å². The maximum atomic E-state index is 12.9. The highest BCUT2D eigenvalue weighted by atomic mass is 35.5. The van der Waals surface area contributed by atoms with Gasteiger partial charge in [-0.3, -0.25) is 9.59 Å². The van der Waals surface area contributed by atoms with E-state index in [1.807, 2.05) is 41.5 Å². The van der Waals surface area contributed by atoms with Crippen molar-refractivity contribution >= 4 is 35.4 Å². The number of fused-ring (bicyclic) bond motifs is 2. The topological polar surface area (TPSA) is 128 Å². The van der Waals surface area contributed by atoms with E-state index in [9.17, 15) is 19.2 Å². The van der Waals surface area contributed by atoms with Crippen LogP contribution in [-0.2, 0) is 22.3 Å². The molecule has 6 rings (SSSR count). The fraction of sp³-hybridized carbons (Fsp3) is 0.600. The van der Waals surface area contributed by atoms with E-state index in [-0.39, 0.29) is 23.8 Å². The molecule has 2 spiro atoms. The van der Waals surface area contributed by atoms with Crippen molar-refractivity contribution in [1.82, 2.24) is 19.8 Å². The summed E-state index contributed by atoms with van der Waals surface area (Å²) in [6.45, 7) is 13.2. The molecule has 4 heterocycles. The van der Waals surface area contributed by atoms with Gasteiger partial charge in [-0.15, -0.1) is 0 Å². The van der Waals surface area contributed by atoms with E-state index in [0.717, 1.165) is 11.4 Å². The molecule has 2 saturated heterocycles. The molecule has 2 aromatic heterocycles. The van der Waals surface area contributed by atoms with Crippen LogP contribution >= 0.6 is 11.6 Å². The minimum absolute atomic E-state index is 0.139. The number of Topliss-reactive ketones (excluding diaryl/α,β-unsaturated/α-hetero) is 2. The summed E-state index contributed by atoms with van der Waals surface area (Å²) < 4.78 is 16.0. The highest BCUT2D eigenvalue weighted by Gasteiger charge is 2.50. The lowest BCUT2D eigenvalue weighted by Crippen LogP contribution is -2.47. The summed E-state index contributed by atoms with van der Waals surface area (Å²) in [6.07, 6.45) is 3.19. The van der Waals surface area contributed by atoms with Crippen molar-refractivity contribution in [3.63, 3.8) is 0 Å². The number of amides is 2. The number of ketones is 2. The van der Waals surface area contributed by atoms with Crippen LogP contribution in [0.4, 0.5) is 9.59 Å². The van der Waals surface area contributed by atoms with Gasteiger partial charge in [0, 0.05) is 67.0 Å². The molecule has 0 N–H and O–H groups in total. The van der Waals surface area contributed by atoms with Crippen molar-refractivity contribution in [1.29, 1.82) is 0 Å². The Kier molecular flexibility index (Phi) is 9.35. The summed E-state index contributed by atoms with van der Waals surface area (Å²) in [6, 6.07) is 6.96. The molecular weight excluding hydrogens is 624 g/mol. The monoisotopic (exact) mass is 668 g/mol. The predicted molar refractivity (Wildman–Crippen MR) is 175 cm³/mol. The summed E-state index contributed by atoms with van der Waals surface area (Å²) in [5.41, 5.74) is 1.09. The Balaban J connectivity index is 0.000000185. The summed E-state index contributed by atoms with van der Waals surface area (Å²) in [5, 5.41) is 0.416. The van der Waals surface area contributed by atoms with Crippen molar-refractivity contribution < 1.29 is 33.4 Å². The van der Waals surface area contributed by atoms with Gasteiger partial charge in [-0.05, 0) is 85.4 Å². The number of halogens is 1. The van der Waals surface area contributed by atoms with Crippen molar-refractivity contribution in [3.8, 4) is 5.88 Å². The third kappa shape index (κ3) is 7.40. The number of likely N-dealkylation sites (tertiary alicyclic amines) is 2. The Morgan fingerprint density at radius 3 is 1.51 bits per heavy atom. The van der Waals surface area contributed by atoms with Gasteiger partial charge in [0.25, 0.3) is 0 Å². The number of carbonyl (C=O) groups is 4. The normalized spacial score (nSPS) is 19.6. The lowest BCUT2D eigenvalue weighted by molar-refractivity contribution is 0.0107. The van der Waals surface area contributed by atoms with Gasteiger partial charge in [-0.2, -0.15) is 0 Å². The molecule has 0 radical (unpaired) electrons. The number of hydrogen-bond donors (Lipinski definition) is 0. The van der Waals surface area contributed by atoms with Crippen LogP contribution in [-0.4, -0.2) is 88.0 Å². The number of methoxy groups -OCH3 is 1. The van der Waals surface area contributed by atoms with E-state index >= 15 is 0 Å². The number of nitrogens with zero attached hydrogens (tertiary/aromatic N) is 4. The second-order valence-corrected chi connectivity index (χ2v) is 15.4. The molecule has 2 aliphatic carbocycles. The lowest BCUT2D eigenvalue weighted by atomic mass is 9.75. The fourth-order valence-corrected chi connectivity index (χ4v) is 6.99. The molecular formula is C35H45ClN4O7. The molecule has 47 heavy (non-hydrogen) atoms. The number of ether oxygens (including phenoxy) is 3. The van der Waals surface area contributed by atoms with Gasteiger partial charge in [0.05, 0.1) is 18.5 Å². The zero-order valence-corrected chi connectivity index (χ0v) is 29.2. The molecule has 4 aliphatic rings. The van der Waals surface area contributed by atoms with E-state index in [4.69, 9.17) is 25.8 Å². The van der Waals surface area contributed by atoms with Crippen LogP contribution in [0.3, 0.4) is 0 Å². The molecule has 2 fully saturated rings. The lowest BCUT2D eigenvalue weighted by Gasteiger charge is -2.38. The van der Waals surface area contributed by atoms with Crippen LogP contribution in [0.25, 0.3) is 0 Å². The number of rotatable bonds is 1. The van der Waals surface area contributed by atoms with Crippen molar-refractivity contribution in [2.24, 2.45) is 10.8 Å². The molecule has 0 unspecified atom stereocenters. The van der Waals surface area contributed by atoms with Crippen LogP contribution in [0, 0.1) is 10.8 Å². The standard InChI is InChI=1S/C18H24N2O4.C17H21ClN2O3/c1-17(2,3)24-16(22)20-9-7-18(8-10-20)11-13-12(15(18)21)5-6-14(19-13)23-4;1-16(2,3)23-15(22)20-8-6-17(7-9-20)10-12-11(14(17)21)4-5-13(18)19-12/h5-6H,7-11H2,1-4H3;4-5H,6-10H2,1-3H3. The van der Waals surface area contributed by atoms with Gasteiger partial charge in [0.1, 0.15) is 16.4 Å². The predicted octanol–water partition coefficient (Wildman–Crippen LogP) is 6.34. The maximum absolute atomic E-state index is 12.9. The molecule has 2 aromatic rings. The first kappa shape index (κ1) is 34.6.